The Labute approximate surface area is 126 Å². The summed E-state index contributed by atoms with van der Waals surface area (Å²) >= 11 is 0. The minimum absolute atomic E-state index is 0.0320. The molecule has 0 unspecified atom stereocenters. The lowest BCUT2D eigenvalue weighted by Gasteiger charge is -2.31. The summed E-state index contributed by atoms with van der Waals surface area (Å²) in [7, 11) is 0. The number of carboxylic acids is 1. The van der Waals surface area contributed by atoms with E-state index < -0.39 is 5.97 Å². The zero-order valence-electron chi connectivity index (χ0n) is 13.5. The molecule has 0 saturated heterocycles. The van der Waals surface area contributed by atoms with Gasteiger partial charge in [0.2, 0.25) is 0 Å². The molecule has 4 heteroatoms. The number of carbonyl (C=O) groups is 1. The second kappa shape index (κ2) is 7.16. The largest absolute Gasteiger partial charge is 0.494 e. The van der Waals surface area contributed by atoms with Crippen LogP contribution in [0, 0.1) is 0 Å². The number of aliphatic carboxylic acids is 1. The lowest BCUT2D eigenvalue weighted by Crippen LogP contribution is -2.31. The fourth-order valence-corrected chi connectivity index (χ4v) is 2.22. The number of benzene rings is 1. The summed E-state index contributed by atoms with van der Waals surface area (Å²) in [5.74, 6) is 0.195. The van der Waals surface area contributed by atoms with Gasteiger partial charge in [-0.3, -0.25) is 4.79 Å². The number of hydrogen-bond donors (Lipinski definition) is 2. The van der Waals surface area contributed by atoms with Gasteiger partial charge in [0.05, 0.1) is 12.1 Å². The van der Waals surface area contributed by atoms with Gasteiger partial charge in [-0.2, -0.15) is 0 Å². The first kappa shape index (κ1) is 17.1. The molecule has 4 nitrogen and oxygen atoms in total. The van der Waals surface area contributed by atoms with Gasteiger partial charge in [0.25, 0.3) is 0 Å². The molecule has 0 saturated carbocycles. The highest BCUT2D eigenvalue weighted by Crippen LogP contribution is 2.35. The molecule has 1 aromatic carbocycles. The minimum atomic E-state index is -0.745. The Morgan fingerprint density at radius 3 is 2.48 bits per heavy atom. The summed E-state index contributed by atoms with van der Waals surface area (Å²) < 4.78 is 5.52. The number of hydrogen-bond acceptors (Lipinski definition) is 3. The molecule has 0 fully saturated rings. The third-order valence-corrected chi connectivity index (χ3v) is 3.06. The number of ether oxygens (including phenoxy) is 1. The molecule has 2 rings (SSSR count). The molecule has 1 aliphatic heterocycles. The molecule has 1 aliphatic rings. The van der Waals surface area contributed by atoms with Crippen molar-refractivity contribution < 1.29 is 14.6 Å². The molecule has 21 heavy (non-hydrogen) atoms. The molecular formula is C17H25NO3. The Bertz CT molecular complexity index is 533. The Kier molecular flexibility index (Phi) is 5.82. The van der Waals surface area contributed by atoms with Gasteiger partial charge in [-0.15, -0.1) is 0 Å². The minimum Gasteiger partial charge on any atom is -0.494 e. The second-order valence-corrected chi connectivity index (χ2v) is 5.56. The van der Waals surface area contributed by atoms with Gasteiger partial charge in [0, 0.05) is 17.7 Å². The highest BCUT2D eigenvalue weighted by Gasteiger charge is 2.22. The average molecular weight is 291 g/mol. The van der Waals surface area contributed by atoms with Crippen LogP contribution in [-0.4, -0.2) is 23.2 Å². The fraction of sp³-hybridized carbons (Fsp3) is 0.471. The van der Waals surface area contributed by atoms with Crippen LogP contribution in [0.5, 0.6) is 5.75 Å². The van der Waals surface area contributed by atoms with Crippen LogP contribution in [0.25, 0.3) is 5.57 Å². The van der Waals surface area contributed by atoms with Gasteiger partial charge in [-0.1, -0.05) is 13.0 Å². The maximum atomic E-state index is 9.37. The van der Waals surface area contributed by atoms with Crippen LogP contribution in [0.1, 0.15) is 46.6 Å². The third-order valence-electron chi connectivity index (χ3n) is 3.06. The molecule has 1 heterocycles. The predicted molar refractivity (Wildman–Crippen MR) is 86.9 cm³/mol. The number of carboxylic acid groups (broad SMARTS) is 1. The topological polar surface area (TPSA) is 58.6 Å². The first-order valence-corrected chi connectivity index (χ1v) is 7.25. The highest BCUT2D eigenvalue weighted by atomic mass is 16.5. The van der Waals surface area contributed by atoms with Crippen LogP contribution in [0.4, 0.5) is 5.69 Å². The van der Waals surface area contributed by atoms with Gasteiger partial charge < -0.3 is 15.2 Å². The molecule has 116 valence electrons. The van der Waals surface area contributed by atoms with E-state index in [0.29, 0.717) is 6.61 Å². The van der Waals surface area contributed by atoms with E-state index in [2.05, 4.69) is 44.3 Å². The fourth-order valence-electron chi connectivity index (χ4n) is 2.22. The average Bonchev–Trinajstić information content (AvgIpc) is 2.39. The van der Waals surface area contributed by atoms with Gasteiger partial charge in [0.15, 0.2) is 0 Å². The summed E-state index contributed by atoms with van der Waals surface area (Å²) in [5.41, 5.74) is 3.77. The summed E-state index contributed by atoms with van der Waals surface area (Å²) in [4.78, 5) is 9.37. The van der Waals surface area contributed by atoms with Crippen molar-refractivity contribution in [2.24, 2.45) is 0 Å². The van der Waals surface area contributed by atoms with E-state index in [-0.39, 0.29) is 12.0 Å². The number of rotatable bonds is 3. The van der Waals surface area contributed by atoms with Crippen molar-refractivity contribution in [1.29, 1.82) is 0 Å². The molecule has 0 spiro atoms. The first-order chi connectivity index (χ1) is 9.79. The van der Waals surface area contributed by atoms with Crippen LogP contribution in [0.3, 0.4) is 0 Å². The van der Waals surface area contributed by atoms with Crippen molar-refractivity contribution in [3.05, 3.63) is 29.8 Å². The van der Waals surface area contributed by atoms with E-state index in [0.717, 1.165) is 5.75 Å². The zero-order valence-corrected chi connectivity index (χ0v) is 13.5. The van der Waals surface area contributed by atoms with Crippen molar-refractivity contribution in [2.75, 3.05) is 11.9 Å². The lowest BCUT2D eigenvalue weighted by molar-refractivity contribution is -0.136. The second-order valence-electron chi connectivity index (χ2n) is 5.56. The molecule has 0 radical (unpaired) electrons. The van der Waals surface area contributed by atoms with Crippen molar-refractivity contribution in [3.63, 3.8) is 0 Å². The van der Waals surface area contributed by atoms with Crippen molar-refractivity contribution in [1.82, 2.24) is 0 Å². The first-order valence-electron chi connectivity index (χ1n) is 7.25. The highest BCUT2D eigenvalue weighted by molar-refractivity contribution is 5.80. The van der Waals surface area contributed by atoms with Crippen LogP contribution in [0.15, 0.2) is 24.3 Å². The molecule has 0 atom stereocenters. The van der Waals surface area contributed by atoms with Gasteiger partial charge in [-0.05, 0) is 51.5 Å². The third kappa shape index (κ3) is 5.14. The summed E-state index contributed by atoms with van der Waals surface area (Å²) in [5, 5.41) is 11.2. The van der Waals surface area contributed by atoms with Gasteiger partial charge in [-0.25, -0.2) is 0 Å². The molecule has 0 amide bonds. The summed E-state index contributed by atoms with van der Waals surface area (Å²) in [6.07, 6.45) is 2.48. The smallest absolute Gasteiger partial charge is 0.303 e. The Hall–Kier alpha value is -1.97. The Morgan fingerprint density at radius 1 is 1.33 bits per heavy atom. The SMILES string of the molecule is CCC(=O)O.CCOc1ccc2c(c1)C(C)=CC(C)(C)N2. The zero-order chi connectivity index (χ0) is 16.0. The maximum Gasteiger partial charge on any atom is 0.303 e. The van der Waals surface area contributed by atoms with E-state index in [9.17, 15) is 4.79 Å². The molecule has 0 aromatic heterocycles. The molecule has 0 aliphatic carbocycles. The molecule has 0 bridgehead atoms. The van der Waals surface area contributed by atoms with E-state index in [1.165, 1.54) is 16.8 Å². The Balaban J connectivity index is 0.000000383. The number of anilines is 1. The van der Waals surface area contributed by atoms with Crippen molar-refractivity contribution in [3.8, 4) is 5.75 Å². The number of nitrogens with one attached hydrogen (secondary N) is 1. The predicted octanol–water partition coefficient (Wildman–Crippen LogP) is 4.17. The normalized spacial score (nSPS) is 14.8. The quantitative estimate of drug-likeness (QED) is 0.877. The van der Waals surface area contributed by atoms with Crippen LogP contribution >= 0.6 is 0 Å². The van der Waals surface area contributed by atoms with E-state index >= 15 is 0 Å². The molecular weight excluding hydrogens is 266 g/mol. The monoisotopic (exact) mass is 291 g/mol. The number of allylic oxidation sites excluding steroid dienone is 1. The van der Waals surface area contributed by atoms with E-state index in [4.69, 9.17) is 9.84 Å². The standard InChI is InChI=1S/C14H19NO.C3H6O2/c1-5-16-11-6-7-13-12(8-11)10(2)9-14(3,4)15-13;1-2-3(4)5/h6-9,15H,5H2,1-4H3;2H2,1H3,(H,4,5). The van der Waals surface area contributed by atoms with Crippen LogP contribution in [0.2, 0.25) is 0 Å². The van der Waals surface area contributed by atoms with Crippen molar-refractivity contribution in [2.45, 2.75) is 46.6 Å². The maximum absolute atomic E-state index is 9.37. The van der Waals surface area contributed by atoms with Gasteiger partial charge >= 0.3 is 5.97 Å². The van der Waals surface area contributed by atoms with Crippen molar-refractivity contribution >= 4 is 17.2 Å². The molecule has 2 N–H and O–H groups in total. The van der Waals surface area contributed by atoms with Crippen LogP contribution in [-0.2, 0) is 4.79 Å². The van der Waals surface area contributed by atoms with E-state index in [1.807, 2.05) is 13.0 Å². The summed E-state index contributed by atoms with van der Waals surface area (Å²) in [6, 6.07) is 6.22. The summed E-state index contributed by atoms with van der Waals surface area (Å²) in [6.45, 7) is 10.8. The lowest BCUT2D eigenvalue weighted by atomic mass is 9.91. The number of fused-ring (bicyclic) bond motifs is 1. The van der Waals surface area contributed by atoms with E-state index in [1.54, 1.807) is 6.92 Å². The van der Waals surface area contributed by atoms with Gasteiger partial charge in [0.1, 0.15) is 5.75 Å². The van der Waals surface area contributed by atoms with Crippen LogP contribution < -0.4 is 10.1 Å². The Morgan fingerprint density at radius 2 is 1.95 bits per heavy atom. The molecule has 1 aromatic rings.